The van der Waals surface area contributed by atoms with Crippen molar-refractivity contribution in [2.24, 2.45) is 0 Å². The summed E-state index contributed by atoms with van der Waals surface area (Å²) in [5.74, 6) is -0.617. The molecule has 1 aliphatic rings. The number of rotatable bonds is 4. The lowest BCUT2D eigenvalue weighted by molar-refractivity contribution is 0.145. The Morgan fingerprint density at radius 2 is 2.21 bits per heavy atom. The van der Waals surface area contributed by atoms with Crippen molar-refractivity contribution >= 4 is 6.03 Å². The Bertz CT molecular complexity index is 781. The quantitative estimate of drug-likeness (QED) is 0.780. The summed E-state index contributed by atoms with van der Waals surface area (Å²) in [5.41, 5.74) is -0.849. The molecule has 2 aromatic rings. The molecule has 1 aliphatic heterocycles. The molecule has 24 heavy (non-hydrogen) atoms. The molecule has 0 radical (unpaired) electrons. The molecule has 9 heteroatoms. The number of benzene rings is 1. The smallest absolute Gasteiger partial charge is 0.377 e. The standard InChI is InChI=1S/C15H18FN5O3/c1-2-8-19(11-7-9-24-10-11)14(22)21-15(23)20(17-18-21)13-6-4-3-5-12(13)16/h3-6,11H,2,7-10H2,1H3. The zero-order valence-corrected chi connectivity index (χ0v) is 13.3. The Morgan fingerprint density at radius 1 is 1.42 bits per heavy atom. The molecule has 1 fully saturated rings. The molecule has 3 rings (SSSR count). The van der Waals surface area contributed by atoms with Crippen LogP contribution in [0.5, 0.6) is 0 Å². The fourth-order valence-corrected chi connectivity index (χ4v) is 2.71. The maximum atomic E-state index is 13.8. The minimum atomic E-state index is -0.801. The number of carbonyl (C=O) groups excluding carboxylic acids is 1. The normalized spacial score (nSPS) is 17.2. The maximum Gasteiger partial charge on any atom is 0.377 e. The average Bonchev–Trinajstić information content (AvgIpc) is 3.22. The second kappa shape index (κ2) is 6.91. The molecule has 0 spiro atoms. The predicted molar refractivity (Wildman–Crippen MR) is 82.6 cm³/mol. The van der Waals surface area contributed by atoms with E-state index in [1.165, 1.54) is 18.2 Å². The third-order valence-corrected chi connectivity index (χ3v) is 3.90. The number of hydrogen-bond donors (Lipinski definition) is 0. The molecular weight excluding hydrogens is 317 g/mol. The number of tetrazole rings is 1. The van der Waals surface area contributed by atoms with Gasteiger partial charge in [-0.15, -0.1) is 4.68 Å². The van der Waals surface area contributed by atoms with Gasteiger partial charge in [-0.1, -0.05) is 19.1 Å². The third-order valence-electron chi connectivity index (χ3n) is 3.90. The fourth-order valence-electron chi connectivity index (χ4n) is 2.71. The first-order valence-corrected chi connectivity index (χ1v) is 7.82. The second-order valence-electron chi connectivity index (χ2n) is 5.53. The minimum Gasteiger partial charge on any atom is -0.379 e. The van der Waals surface area contributed by atoms with Gasteiger partial charge in [-0.3, -0.25) is 0 Å². The molecule has 0 N–H and O–H groups in total. The number of para-hydroxylation sites is 1. The van der Waals surface area contributed by atoms with Crippen LogP contribution in [-0.4, -0.2) is 56.5 Å². The Kier molecular flexibility index (Phi) is 4.70. The minimum absolute atomic E-state index is 0.0483. The van der Waals surface area contributed by atoms with Crippen molar-refractivity contribution in [2.45, 2.75) is 25.8 Å². The van der Waals surface area contributed by atoms with Crippen LogP contribution in [0.25, 0.3) is 5.69 Å². The number of hydrogen-bond acceptors (Lipinski definition) is 5. The van der Waals surface area contributed by atoms with E-state index in [0.717, 1.165) is 11.1 Å². The monoisotopic (exact) mass is 335 g/mol. The van der Waals surface area contributed by atoms with Gasteiger partial charge in [0, 0.05) is 13.2 Å². The molecule has 0 saturated carbocycles. The molecule has 1 aromatic carbocycles. The van der Waals surface area contributed by atoms with E-state index in [9.17, 15) is 14.0 Å². The molecule has 1 amide bonds. The molecule has 0 aliphatic carbocycles. The first-order chi connectivity index (χ1) is 11.6. The molecule has 2 heterocycles. The number of halogens is 1. The van der Waals surface area contributed by atoms with Gasteiger partial charge in [-0.2, -0.15) is 4.68 Å². The van der Waals surface area contributed by atoms with Gasteiger partial charge in [0.2, 0.25) is 0 Å². The van der Waals surface area contributed by atoms with E-state index in [2.05, 4.69) is 10.4 Å². The highest BCUT2D eigenvalue weighted by Gasteiger charge is 2.30. The molecule has 0 bridgehead atoms. The Labute approximate surface area is 137 Å². The SMILES string of the molecule is CCCN(C(=O)n1nnn(-c2ccccc2F)c1=O)C1CCOC1. The molecule has 1 aromatic heterocycles. The topological polar surface area (TPSA) is 82.3 Å². The lowest BCUT2D eigenvalue weighted by Crippen LogP contribution is -2.47. The first kappa shape index (κ1) is 16.3. The van der Waals surface area contributed by atoms with Crippen molar-refractivity contribution in [3.63, 3.8) is 0 Å². The Balaban J connectivity index is 1.93. The highest BCUT2D eigenvalue weighted by molar-refractivity contribution is 5.76. The predicted octanol–water partition coefficient (Wildman–Crippen LogP) is 1.04. The summed E-state index contributed by atoms with van der Waals surface area (Å²) in [6.07, 6.45) is 1.44. The van der Waals surface area contributed by atoms with Gasteiger partial charge in [0.15, 0.2) is 0 Å². The van der Waals surface area contributed by atoms with Gasteiger partial charge in [0.25, 0.3) is 0 Å². The summed E-state index contributed by atoms with van der Waals surface area (Å²) in [5, 5.41) is 7.26. The lowest BCUT2D eigenvalue weighted by atomic mass is 10.2. The molecule has 1 saturated heterocycles. The van der Waals surface area contributed by atoms with E-state index < -0.39 is 17.5 Å². The van der Waals surface area contributed by atoms with Gasteiger partial charge in [-0.25, -0.2) is 14.0 Å². The van der Waals surface area contributed by atoms with E-state index in [-0.39, 0.29) is 11.7 Å². The van der Waals surface area contributed by atoms with Crippen LogP contribution < -0.4 is 5.69 Å². The number of nitrogens with zero attached hydrogens (tertiary/aromatic N) is 5. The van der Waals surface area contributed by atoms with Crippen molar-refractivity contribution < 1.29 is 13.9 Å². The Morgan fingerprint density at radius 3 is 2.88 bits per heavy atom. The summed E-state index contributed by atoms with van der Waals surface area (Å²) in [4.78, 5) is 26.7. The summed E-state index contributed by atoms with van der Waals surface area (Å²) in [6.45, 7) is 3.43. The van der Waals surface area contributed by atoms with E-state index in [1.54, 1.807) is 11.0 Å². The summed E-state index contributed by atoms with van der Waals surface area (Å²) < 4.78 is 20.6. The van der Waals surface area contributed by atoms with Crippen LogP contribution >= 0.6 is 0 Å². The summed E-state index contributed by atoms with van der Waals surface area (Å²) in [6, 6.07) is 5.02. The van der Waals surface area contributed by atoms with Crippen molar-refractivity contribution in [3.05, 3.63) is 40.6 Å². The summed E-state index contributed by atoms with van der Waals surface area (Å²) >= 11 is 0. The van der Waals surface area contributed by atoms with Crippen LogP contribution in [0.1, 0.15) is 19.8 Å². The molecule has 128 valence electrons. The molecule has 8 nitrogen and oxygen atoms in total. The largest absolute Gasteiger partial charge is 0.379 e. The molecule has 1 atom stereocenters. The zero-order valence-electron chi connectivity index (χ0n) is 13.3. The van der Waals surface area contributed by atoms with Crippen LogP contribution in [0.2, 0.25) is 0 Å². The van der Waals surface area contributed by atoms with Gasteiger partial charge in [0.1, 0.15) is 11.5 Å². The molecular formula is C15H18FN5O3. The highest BCUT2D eigenvalue weighted by atomic mass is 19.1. The zero-order chi connectivity index (χ0) is 17.1. The van der Waals surface area contributed by atoms with Crippen molar-refractivity contribution in [3.8, 4) is 5.69 Å². The maximum absolute atomic E-state index is 13.8. The summed E-state index contributed by atoms with van der Waals surface area (Å²) in [7, 11) is 0. The van der Waals surface area contributed by atoms with E-state index in [0.29, 0.717) is 30.9 Å². The number of carbonyl (C=O) groups is 1. The fraction of sp³-hybridized carbons (Fsp3) is 0.467. The highest BCUT2D eigenvalue weighted by Crippen LogP contribution is 2.14. The van der Waals surface area contributed by atoms with Gasteiger partial charge < -0.3 is 9.64 Å². The second-order valence-corrected chi connectivity index (χ2v) is 5.53. The average molecular weight is 335 g/mol. The van der Waals surface area contributed by atoms with E-state index >= 15 is 0 Å². The van der Waals surface area contributed by atoms with Crippen molar-refractivity contribution in [2.75, 3.05) is 19.8 Å². The lowest BCUT2D eigenvalue weighted by Gasteiger charge is -2.26. The van der Waals surface area contributed by atoms with Crippen molar-refractivity contribution in [1.29, 1.82) is 0 Å². The van der Waals surface area contributed by atoms with Gasteiger partial charge >= 0.3 is 11.7 Å². The molecule has 1 unspecified atom stereocenters. The van der Waals surface area contributed by atoms with Crippen LogP contribution in [0.15, 0.2) is 29.1 Å². The van der Waals surface area contributed by atoms with Gasteiger partial charge in [-0.05, 0) is 35.4 Å². The number of amides is 1. The Hall–Kier alpha value is -2.55. The first-order valence-electron chi connectivity index (χ1n) is 7.82. The van der Waals surface area contributed by atoms with Gasteiger partial charge in [0.05, 0.1) is 12.6 Å². The number of aromatic nitrogens is 4. The number of ether oxygens (including phenoxy) is 1. The van der Waals surface area contributed by atoms with Crippen LogP contribution in [0, 0.1) is 5.82 Å². The van der Waals surface area contributed by atoms with Crippen LogP contribution in [0.3, 0.4) is 0 Å². The van der Waals surface area contributed by atoms with Crippen LogP contribution in [0.4, 0.5) is 9.18 Å². The van der Waals surface area contributed by atoms with Crippen molar-refractivity contribution in [1.82, 2.24) is 24.7 Å². The third kappa shape index (κ3) is 2.94. The van der Waals surface area contributed by atoms with E-state index in [1.807, 2.05) is 6.92 Å². The van der Waals surface area contributed by atoms with E-state index in [4.69, 9.17) is 4.74 Å². The van der Waals surface area contributed by atoms with Crippen LogP contribution in [-0.2, 0) is 4.74 Å².